The predicted octanol–water partition coefficient (Wildman–Crippen LogP) is 12.0. The fraction of sp³-hybridized carbons (Fsp3) is 0.280. The molecule has 0 aliphatic heterocycles. The van der Waals surface area contributed by atoms with E-state index in [0.717, 1.165) is 123 Å². The minimum Gasteiger partial charge on any atom is -0.507 e. The maximum Gasteiger partial charge on any atom is 0.152 e. The normalized spacial score (nSPS) is 17.6. The number of benzene rings is 6. The molecule has 3 aliphatic rings. The Hall–Kier alpha value is -4.82. The topological polar surface area (TPSA) is 121 Å². The van der Waals surface area contributed by atoms with E-state index in [4.69, 9.17) is 23.2 Å². The molecule has 0 saturated carbocycles. The number of hydrogen-bond acceptors (Lipinski definition) is 6. The van der Waals surface area contributed by atoms with Crippen LogP contribution in [0.5, 0.6) is 17.2 Å². The van der Waals surface area contributed by atoms with Gasteiger partial charge in [-0.3, -0.25) is 0 Å². The number of hydrogen-bond donors (Lipinski definition) is 6. The molecule has 0 spiro atoms. The average molecular weight is 818 g/mol. The summed E-state index contributed by atoms with van der Waals surface area (Å²) in [5.74, 6) is 0.658. The van der Waals surface area contributed by atoms with Gasteiger partial charge in [-0.15, -0.1) is 0 Å². The van der Waals surface area contributed by atoms with Crippen LogP contribution in [0, 0.1) is 27.7 Å². The van der Waals surface area contributed by atoms with Gasteiger partial charge in [0.15, 0.2) is 5.75 Å². The Morgan fingerprint density at radius 2 is 0.724 bits per heavy atom. The van der Waals surface area contributed by atoms with Gasteiger partial charge in [-0.05, 0) is 198 Å². The standard InChI is InChI=1S/C18H20O2.C17H18O2.C15H12Cl2O2/c1-11-8-15(9-12(2)18(11)20)13-6-7-16-14(10-13)4-3-5-17(16)19;1-10-7-14(8-11(2)17(10)19)12-3-5-15-13(9-12)4-6-16(15)18;16-12-6-10(7-13(17)15(12)19)8-1-3-11-9(5-8)2-4-14(11)18/h6-10,17,19-20H,3-5H2,1-2H3;3,5,7-9,16,18-19H,4,6H2,1-2H3;1,3,5-7,14,18-19H,2,4H2. The Labute approximate surface area is 350 Å². The van der Waals surface area contributed by atoms with Crippen LogP contribution in [0.3, 0.4) is 0 Å². The molecule has 6 aromatic rings. The van der Waals surface area contributed by atoms with Crippen LogP contribution in [0.15, 0.2) is 91.0 Å². The Bertz CT molecular complexity index is 2320. The highest BCUT2D eigenvalue weighted by Gasteiger charge is 2.22. The van der Waals surface area contributed by atoms with E-state index in [-0.39, 0.29) is 34.1 Å². The van der Waals surface area contributed by atoms with Gasteiger partial charge in [0.25, 0.3) is 0 Å². The summed E-state index contributed by atoms with van der Waals surface area (Å²) in [7, 11) is 0. The lowest BCUT2D eigenvalue weighted by molar-refractivity contribution is 0.156. The molecule has 0 saturated heterocycles. The van der Waals surface area contributed by atoms with Crippen LogP contribution < -0.4 is 0 Å². The number of phenols is 3. The van der Waals surface area contributed by atoms with Crippen molar-refractivity contribution in [2.75, 3.05) is 0 Å². The highest BCUT2D eigenvalue weighted by molar-refractivity contribution is 6.37. The molecule has 300 valence electrons. The average Bonchev–Trinajstić information content (AvgIpc) is 3.78. The molecule has 0 amide bonds. The predicted molar refractivity (Wildman–Crippen MR) is 234 cm³/mol. The number of halogens is 2. The molecule has 58 heavy (non-hydrogen) atoms. The highest BCUT2D eigenvalue weighted by Crippen LogP contribution is 2.40. The molecule has 6 aromatic carbocycles. The lowest BCUT2D eigenvalue weighted by Gasteiger charge is -2.22. The van der Waals surface area contributed by atoms with Crippen molar-refractivity contribution < 1.29 is 30.6 Å². The summed E-state index contributed by atoms with van der Waals surface area (Å²) >= 11 is 11.9. The van der Waals surface area contributed by atoms with Gasteiger partial charge in [-0.2, -0.15) is 0 Å². The van der Waals surface area contributed by atoms with Crippen LogP contribution >= 0.6 is 23.2 Å². The second kappa shape index (κ2) is 17.2. The molecule has 0 radical (unpaired) electrons. The monoisotopic (exact) mass is 816 g/mol. The largest absolute Gasteiger partial charge is 0.507 e. The fourth-order valence-electron chi connectivity index (χ4n) is 8.49. The number of rotatable bonds is 3. The van der Waals surface area contributed by atoms with Gasteiger partial charge in [-0.25, -0.2) is 0 Å². The van der Waals surface area contributed by atoms with E-state index < -0.39 is 0 Å². The van der Waals surface area contributed by atoms with Crippen molar-refractivity contribution in [3.8, 4) is 50.6 Å². The van der Waals surface area contributed by atoms with E-state index in [1.54, 1.807) is 12.1 Å². The fourth-order valence-corrected chi connectivity index (χ4v) is 8.98. The second-order valence-electron chi connectivity index (χ2n) is 16.0. The molecule has 0 aromatic heterocycles. The van der Waals surface area contributed by atoms with Crippen LogP contribution in [0.1, 0.15) is 99.6 Å². The molecular weight excluding hydrogens is 767 g/mol. The van der Waals surface area contributed by atoms with Crippen molar-refractivity contribution in [1.29, 1.82) is 0 Å². The Morgan fingerprint density at radius 3 is 1.10 bits per heavy atom. The van der Waals surface area contributed by atoms with Crippen molar-refractivity contribution in [2.24, 2.45) is 0 Å². The van der Waals surface area contributed by atoms with Gasteiger partial charge in [0.05, 0.1) is 28.4 Å². The summed E-state index contributed by atoms with van der Waals surface area (Å²) in [5.41, 5.74) is 16.8. The number of fused-ring (bicyclic) bond motifs is 3. The van der Waals surface area contributed by atoms with E-state index in [9.17, 15) is 30.6 Å². The molecular formula is C50H50Cl2O6. The molecule has 0 bridgehead atoms. The Kier molecular flexibility index (Phi) is 12.3. The summed E-state index contributed by atoms with van der Waals surface area (Å²) < 4.78 is 0. The lowest BCUT2D eigenvalue weighted by atomic mass is 9.87. The lowest BCUT2D eigenvalue weighted by Crippen LogP contribution is -2.08. The smallest absolute Gasteiger partial charge is 0.152 e. The molecule has 3 unspecified atom stereocenters. The number of aliphatic hydroxyl groups is 3. The minimum absolute atomic E-state index is 0.0938. The van der Waals surface area contributed by atoms with E-state index in [1.165, 1.54) is 11.1 Å². The zero-order chi connectivity index (χ0) is 41.4. The van der Waals surface area contributed by atoms with E-state index in [1.807, 2.05) is 82.3 Å². The van der Waals surface area contributed by atoms with E-state index >= 15 is 0 Å². The first kappa shape index (κ1) is 41.3. The second-order valence-corrected chi connectivity index (χ2v) is 16.8. The molecule has 0 fully saturated rings. The first-order chi connectivity index (χ1) is 27.7. The van der Waals surface area contributed by atoms with Gasteiger partial charge in [0, 0.05) is 0 Å². The Balaban J connectivity index is 0.000000132. The highest BCUT2D eigenvalue weighted by atomic mass is 35.5. The SMILES string of the molecule is Cc1cc(-c2ccc3c(c2)CCC3O)cc(C)c1O.Cc1cc(-c2ccc3c(c2)CCCC3O)cc(C)c1O.Oc1c(Cl)cc(-c2ccc3c(c2)CCC3O)cc1Cl. The molecule has 6 nitrogen and oxygen atoms in total. The van der Waals surface area contributed by atoms with Gasteiger partial charge >= 0.3 is 0 Å². The molecule has 9 rings (SSSR count). The zero-order valence-electron chi connectivity index (χ0n) is 33.3. The van der Waals surface area contributed by atoms with Crippen LogP contribution in [0.25, 0.3) is 33.4 Å². The van der Waals surface area contributed by atoms with Crippen LogP contribution in [-0.4, -0.2) is 30.6 Å². The van der Waals surface area contributed by atoms with Crippen molar-refractivity contribution in [1.82, 2.24) is 0 Å². The maximum absolute atomic E-state index is 10.0. The number of aryl methyl sites for hydroxylation is 7. The Morgan fingerprint density at radius 1 is 0.397 bits per heavy atom. The summed E-state index contributed by atoms with van der Waals surface area (Å²) in [6.07, 6.45) is 5.41. The summed E-state index contributed by atoms with van der Waals surface area (Å²) in [6, 6.07) is 29.9. The third-order valence-corrected chi connectivity index (χ3v) is 12.4. The first-order valence-electron chi connectivity index (χ1n) is 19.9. The van der Waals surface area contributed by atoms with Gasteiger partial charge < -0.3 is 30.6 Å². The first-order valence-corrected chi connectivity index (χ1v) is 20.7. The number of aliphatic hydroxyl groups excluding tert-OH is 3. The molecule has 3 atom stereocenters. The quantitative estimate of drug-likeness (QED) is 0.106. The molecule has 0 heterocycles. The van der Waals surface area contributed by atoms with Gasteiger partial charge in [0.2, 0.25) is 0 Å². The molecule has 6 N–H and O–H groups in total. The van der Waals surface area contributed by atoms with Crippen LogP contribution in [0.2, 0.25) is 10.0 Å². The van der Waals surface area contributed by atoms with E-state index in [0.29, 0.717) is 11.5 Å². The summed E-state index contributed by atoms with van der Waals surface area (Å²) in [6.45, 7) is 7.69. The molecule has 8 heteroatoms. The van der Waals surface area contributed by atoms with Crippen molar-refractivity contribution in [2.45, 2.75) is 91.0 Å². The number of phenolic OH excluding ortho intramolecular Hbond substituents is 3. The van der Waals surface area contributed by atoms with Crippen molar-refractivity contribution in [3.05, 3.63) is 157 Å². The van der Waals surface area contributed by atoms with Crippen LogP contribution in [-0.2, 0) is 19.3 Å². The zero-order valence-corrected chi connectivity index (χ0v) is 34.8. The van der Waals surface area contributed by atoms with Crippen molar-refractivity contribution >= 4 is 23.2 Å². The minimum atomic E-state index is -0.351. The van der Waals surface area contributed by atoms with Gasteiger partial charge in [-0.1, -0.05) is 77.8 Å². The third-order valence-electron chi connectivity index (χ3n) is 11.8. The van der Waals surface area contributed by atoms with E-state index in [2.05, 4.69) is 24.3 Å². The third kappa shape index (κ3) is 8.63. The summed E-state index contributed by atoms with van der Waals surface area (Å²) in [4.78, 5) is 0. The number of aromatic hydroxyl groups is 3. The molecule has 3 aliphatic carbocycles. The van der Waals surface area contributed by atoms with Crippen LogP contribution in [0.4, 0.5) is 0 Å². The van der Waals surface area contributed by atoms with Crippen molar-refractivity contribution in [3.63, 3.8) is 0 Å². The maximum atomic E-state index is 10.0. The van der Waals surface area contributed by atoms with Gasteiger partial charge in [0.1, 0.15) is 11.5 Å². The summed E-state index contributed by atoms with van der Waals surface area (Å²) in [5, 5.41) is 59.4.